The van der Waals surface area contributed by atoms with Gasteiger partial charge < -0.3 is 25.3 Å². The summed E-state index contributed by atoms with van der Waals surface area (Å²) in [7, 11) is 4.78. The number of hydrogen-bond donors (Lipinski definition) is 2. The number of nitrogens with two attached hydrogens (primary N) is 1. The van der Waals surface area contributed by atoms with E-state index in [1.807, 2.05) is 12.1 Å². The average Bonchev–Trinajstić information content (AvgIpc) is 2.81. The summed E-state index contributed by atoms with van der Waals surface area (Å²) in [5, 5.41) is 3.05. The van der Waals surface area contributed by atoms with Crippen LogP contribution in [0.1, 0.15) is 87.2 Å². The number of primary amides is 1. The number of benzene rings is 2. The fourth-order valence-electron chi connectivity index (χ4n) is 4.26. The van der Waals surface area contributed by atoms with Crippen LogP contribution < -0.4 is 25.3 Å². The Hall–Kier alpha value is -3.22. The van der Waals surface area contributed by atoms with Gasteiger partial charge in [-0.2, -0.15) is 0 Å². The second-order valence-electron chi connectivity index (χ2n) is 9.77. The Morgan fingerprint density at radius 1 is 0.943 bits per heavy atom. The highest BCUT2D eigenvalue weighted by atomic mass is 16.5. The Morgan fingerprint density at radius 2 is 1.57 bits per heavy atom. The first kappa shape index (κ1) is 28.0. The molecule has 0 heterocycles. The Balaban J connectivity index is 2.42. The summed E-state index contributed by atoms with van der Waals surface area (Å²) in [6.07, 6.45) is 4.20. The fourth-order valence-corrected chi connectivity index (χ4v) is 4.26. The van der Waals surface area contributed by atoms with Crippen LogP contribution in [0.4, 0.5) is 5.69 Å². The topological polar surface area (TPSA) is 99.9 Å². The van der Waals surface area contributed by atoms with E-state index in [1.165, 1.54) is 0 Å². The highest BCUT2D eigenvalue weighted by molar-refractivity contribution is 5.97. The van der Waals surface area contributed by atoms with E-state index in [0.717, 1.165) is 36.8 Å². The van der Waals surface area contributed by atoms with Crippen LogP contribution in [0.5, 0.6) is 17.2 Å². The summed E-state index contributed by atoms with van der Waals surface area (Å²) >= 11 is 0. The monoisotopic (exact) mass is 484 g/mol. The lowest BCUT2D eigenvalue weighted by atomic mass is 9.84. The van der Waals surface area contributed by atoms with Crippen molar-refractivity contribution in [1.29, 1.82) is 0 Å². The molecule has 1 unspecified atom stereocenters. The van der Waals surface area contributed by atoms with E-state index in [2.05, 4.69) is 33.0 Å². The zero-order valence-corrected chi connectivity index (χ0v) is 22.1. The van der Waals surface area contributed by atoms with Crippen molar-refractivity contribution in [2.45, 2.75) is 71.1 Å². The fraction of sp³-hybridized carbons (Fsp3) is 0.500. The number of unbranched alkanes of at least 4 members (excludes halogenated alkanes) is 2. The van der Waals surface area contributed by atoms with E-state index in [4.69, 9.17) is 19.9 Å². The number of ether oxygens (including phenoxy) is 3. The van der Waals surface area contributed by atoms with Gasteiger partial charge in [0.2, 0.25) is 11.8 Å². The van der Waals surface area contributed by atoms with Crippen molar-refractivity contribution in [3.63, 3.8) is 0 Å². The van der Waals surface area contributed by atoms with Crippen molar-refractivity contribution in [2.24, 2.45) is 5.73 Å². The number of amides is 2. The van der Waals surface area contributed by atoms with Gasteiger partial charge in [-0.3, -0.25) is 9.59 Å². The van der Waals surface area contributed by atoms with E-state index in [-0.39, 0.29) is 23.7 Å². The maximum absolute atomic E-state index is 13.3. The van der Waals surface area contributed by atoms with Gasteiger partial charge in [0.1, 0.15) is 5.75 Å². The Bertz CT molecular complexity index is 1030. The molecule has 2 amide bonds. The zero-order valence-electron chi connectivity index (χ0n) is 22.1. The minimum absolute atomic E-state index is 0.0892. The molecule has 0 saturated heterocycles. The van der Waals surface area contributed by atoms with Gasteiger partial charge in [-0.1, -0.05) is 53.0 Å². The van der Waals surface area contributed by atoms with Crippen LogP contribution in [0.15, 0.2) is 30.3 Å². The van der Waals surface area contributed by atoms with Crippen LogP contribution in [0, 0.1) is 0 Å². The zero-order chi connectivity index (χ0) is 26.2. The lowest BCUT2D eigenvalue weighted by molar-refractivity contribution is -0.116. The number of carbonyl (C=O) groups excluding carboxylic acids is 2. The van der Waals surface area contributed by atoms with Gasteiger partial charge in [-0.15, -0.1) is 0 Å². The van der Waals surface area contributed by atoms with Crippen molar-refractivity contribution in [2.75, 3.05) is 26.6 Å². The number of carbonyl (C=O) groups is 2. The molecule has 1 atom stereocenters. The first-order chi connectivity index (χ1) is 16.5. The van der Waals surface area contributed by atoms with Crippen molar-refractivity contribution < 1.29 is 23.8 Å². The van der Waals surface area contributed by atoms with Crippen molar-refractivity contribution in [1.82, 2.24) is 0 Å². The summed E-state index contributed by atoms with van der Waals surface area (Å²) in [6.45, 7) is 8.33. The van der Waals surface area contributed by atoms with Gasteiger partial charge in [-0.25, -0.2) is 0 Å². The third-order valence-corrected chi connectivity index (χ3v) is 6.15. The predicted octanol–water partition coefficient (Wildman–Crippen LogP) is 5.80. The normalized spacial score (nSPS) is 12.1. The Morgan fingerprint density at radius 3 is 2.11 bits per heavy atom. The first-order valence-electron chi connectivity index (χ1n) is 12.1. The SMILES string of the molecule is CCCCCC(CC(=O)Nc1cc(C(N)=O)ccc1C(C)(C)C)c1cc(OC)c(OC)cc1OC. The molecular formula is C28H40N2O5. The summed E-state index contributed by atoms with van der Waals surface area (Å²) in [6, 6.07) is 8.90. The number of hydrogen-bond acceptors (Lipinski definition) is 5. The van der Waals surface area contributed by atoms with Crippen molar-refractivity contribution in [3.8, 4) is 17.2 Å². The van der Waals surface area contributed by atoms with Crippen LogP contribution >= 0.6 is 0 Å². The highest BCUT2D eigenvalue weighted by Crippen LogP contribution is 2.41. The van der Waals surface area contributed by atoms with E-state index >= 15 is 0 Å². The van der Waals surface area contributed by atoms with Crippen molar-refractivity contribution >= 4 is 17.5 Å². The highest BCUT2D eigenvalue weighted by Gasteiger charge is 2.25. The maximum Gasteiger partial charge on any atom is 0.248 e. The minimum Gasteiger partial charge on any atom is -0.496 e. The summed E-state index contributed by atoms with van der Waals surface area (Å²) in [5.41, 5.74) is 8.05. The molecule has 2 rings (SSSR count). The minimum atomic E-state index is -0.534. The van der Waals surface area contributed by atoms with Crippen molar-refractivity contribution in [3.05, 3.63) is 47.0 Å². The Labute approximate surface area is 209 Å². The van der Waals surface area contributed by atoms with Crippen LogP contribution in [0.25, 0.3) is 0 Å². The number of nitrogens with one attached hydrogen (secondary N) is 1. The number of anilines is 1. The second-order valence-corrected chi connectivity index (χ2v) is 9.77. The van der Waals surface area contributed by atoms with E-state index in [1.54, 1.807) is 39.5 Å². The molecule has 0 aliphatic carbocycles. The molecular weight excluding hydrogens is 444 g/mol. The van der Waals surface area contributed by atoms with E-state index < -0.39 is 5.91 Å². The second kappa shape index (κ2) is 12.5. The van der Waals surface area contributed by atoms with Gasteiger partial charge in [0.15, 0.2) is 11.5 Å². The predicted molar refractivity (Wildman–Crippen MR) is 140 cm³/mol. The van der Waals surface area contributed by atoms with Crippen LogP contribution in [-0.4, -0.2) is 33.1 Å². The molecule has 2 aromatic rings. The smallest absolute Gasteiger partial charge is 0.248 e. The third kappa shape index (κ3) is 7.38. The molecule has 0 saturated carbocycles. The molecule has 0 aliphatic heterocycles. The molecule has 0 aliphatic rings. The molecule has 192 valence electrons. The largest absolute Gasteiger partial charge is 0.496 e. The molecule has 7 heteroatoms. The Kier molecular flexibility index (Phi) is 9.99. The molecule has 3 N–H and O–H groups in total. The van der Waals surface area contributed by atoms with Gasteiger partial charge in [0.05, 0.1) is 21.3 Å². The van der Waals surface area contributed by atoms with Gasteiger partial charge >= 0.3 is 0 Å². The van der Waals surface area contributed by atoms with Gasteiger partial charge in [-0.05, 0) is 41.5 Å². The molecule has 7 nitrogen and oxygen atoms in total. The molecule has 0 aromatic heterocycles. The standard InChI is InChI=1S/C28H40N2O5/c1-8-9-10-11-18(20-16-24(34-6)25(35-7)17-23(20)33-5)15-26(31)30-22-14-19(27(29)32)12-13-21(22)28(2,3)4/h12-14,16-18H,8-11,15H2,1-7H3,(H2,29,32)(H,30,31). The van der Waals surface area contributed by atoms with Crippen LogP contribution in [0.3, 0.4) is 0 Å². The summed E-state index contributed by atoms with van der Waals surface area (Å²) in [4.78, 5) is 25.1. The lowest BCUT2D eigenvalue weighted by Crippen LogP contribution is -2.22. The molecule has 0 bridgehead atoms. The molecule has 0 radical (unpaired) electrons. The average molecular weight is 485 g/mol. The molecule has 0 fully saturated rings. The molecule has 2 aromatic carbocycles. The van der Waals surface area contributed by atoms with Gasteiger partial charge in [0.25, 0.3) is 0 Å². The quantitative estimate of drug-likeness (QED) is 0.371. The van der Waals surface area contributed by atoms with Gasteiger partial charge in [0, 0.05) is 29.3 Å². The lowest BCUT2D eigenvalue weighted by Gasteiger charge is -2.25. The van der Waals surface area contributed by atoms with Crippen LogP contribution in [0.2, 0.25) is 0 Å². The first-order valence-corrected chi connectivity index (χ1v) is 12.1. The summed E-state index contributed by atoms with van der Waals surface area (Å²) in [5.74, 6) is 1.05. The molecule has 35 heavy (non-hydrogen) atoms. The third-order valence-electron chi connectivity index (χ3n) is 6.15. The number of rotatable bonds is 12. The van der Waals surface area contributed by atoms with E-state index in [9.17, 15) is 9.59 Å². The summed E-state index contributed by atoms with van der Waals surface area (Å²) < 4.78 is 16.6. The van der Waals surface area contributed by atoms with E-state index in [0.29, 0.717) is 28.5 Å². The van der Waals surface area contributed by atoms with Crippen LogP contribution in [-0.2, 0) is 10.2 Å². The maximum atomic E-state index is 13.3. The molecule has 0 spiro atoms. The number of methoxy groups -OCH3 is 3.